The van der Waals surface area contributed by atoms with Gasteiger partial charge in [0.1, 0.15) is 12.1 Å². The van der Waals surface area contributed by atoms with E-state index in [-0.39, 0.29) is 5.91 Å². The Kier molecular flexibility index (Phi) is 5.00. The molecule has 0 atom stereocenters. The van der Waals surface area contributed by atoms with E-state index in [0.717, 1.165) is 22.2 Å². The zero-order chi connectivity index (χ0) is 14.4. The lowest BCUT2D eigenvalue weighted by Gasteiger charge is -2.08. The van der Waals surface area contributed by atoms with Crippen LogP contribution in [-0.2, 0) is 0 Å². The number of aromatic nitrogens is 3. The lowest BCUT2D eigenvalue weighted by molar-refractivity contribution is 0.0956. The van der Waals surface area contributed by atoms with Gasteiger partial charge in [0.05, 0.1) is 7.11 Å². The molecule has 0 saturated carbocycles. The minimum atomic E-state index is -0.0890. The molecular weight excluding hydrogens is 276 g/mol. The lowest BCUT2D eigenvalue weighted by atomic mass is 10.1. The number of methoxy groups -OCH3 is 1. The summed E-state index contributed by atoms with van der Waals surface area (Å²) in [5, 5.41) is 10.1. The first-order chi connectivity index (χ1) is 9.70. The molecule has 0 unspecified atom stereocenters. The van der Waals surface area contributed by atoms with Crippen LogP contribution in [0.2, 0.25) is 0 Å². The molecule has 0 fully saturated rings. The highest BCUT2D eigenvalue weighted by molar-refractivity contribution is 7.99. The molecule has 0 radical (unpaired) electrons. The molecule has 1 aromatic heterocycles. The number of carbonyl (C=O) groups is 1. The van der Waals surface area contributed by atoms with Gasteiger partial charge in [-0.1, -0.05) is 11.8 Å². The smallest absolute Gasteiger partial charge is 0.251 e. The maximum Gasteiger partial charge on any atom is 0.251 e. The van der Waals surface area contributed by atoms with Gasteiger partial charge in [-0.15, -0.1) is 0 Å². The SMILES string of the molecule is COc1ccc(C(=O)NCCSc2ncn[nH]2)cc1C. The van der Waals surface area contributed by atoms with Crippen molar-refractivity contribution in [2.24, 2.45) is 0 Å². The maximum absolute atomic E-state index is 12.0. The molecule has 7 heteroatoms. The normalized spacial score (nSPS) is 10.3. The number of ether oxygens (including phenoxy) is 1. The number of nitrogens with zero attached hydrogens (tertiary/aromatic N) is 2. The third-order valence-electron chi connectivity index (χ3n) is 2.68. The number of carbonyl (C=O) groups excluding carboxylic acids is 1. The summed E-state index contributed by atoms with van der Waals surface area (Å²) in [6.07, 6.45) is 1.46. The van der Waals surface area contributed by atoms with Crippen LogP contribution >= 0.6 is 11.8 Å². The largest absolute Gasteiger partial charge is 0.496 e. The van der Waals surface area contributed by atoms with Gasteiger partial charge in [-0.2, -0.15) is 5.10 Å². The standard InChI is InChI=1S/C13H16N4O2S/c1-9-7-10(3-4-11(9)19-2)12(18)14-5-6-20-13-15-8-16-17-13/h3-4,7-8H,5-6H2,1-2H3,(H,14,18)(H,15,16,17). The van der Waals surface area contributed by atoms with Gasteiger partial charge < -0.3 is 10.1 Å². The predicted octanol–water partition coefficient (Wildman–Crippen LogP) is 1.64. The molecule has 1 amide bonds. The Balaban J connectivity index is 1.81. The Labute approximate surface area is 121 Å². The zero-order valence-electron chi connectivity index (χ0n) is 11.3. The van der Waals surface area contributed by atoms with Gasteiger partial charge in [-0.3, -0.25) is 9.89 Å². The molecule has 20 heavy (non-hydrogen) atoms. The van der Waals surface area contributed by atoms with Crippen LogP contribution in [0.1, 0.15) is 15.9 Å². The number of hydrogen-bond acceptors (Lipinski definition) is 5. The average molecular weight is 292 g/mol. The molecule has 0 spiro atoms. The van der Waals surface area contributed by atoms with Crippen LogP contribution in [0.3, 0.4) is 0 Å². The third kappa shape index (κ3) is 3.74. The van der Waals surface area contributed by atoms with Crippen molar-refractivity contribution in [2.45, 2.75) is 12.1 Å². The van der Waals surface area contributed by atoms with E-state index in [1.807, 2.05) is 13.0 Å². The van der Waals surface area contributed by atoms with Crippen molar-refractivity contribution in [2.75, 3.05) is 19.4 Å². The van der Waals surface area contributed by atoms with Gasteiger partial charge in [0.25, 0.3) is 5.91 Å². The van der Waals surface area contributed by atoms with Crippen LogP contribution in [-0.4, -0.2) is 40.5 Å². The number of amides is 1. The van der Waals surface area contributed by atoms with Crippen LogP contribution < -0.4 is 10.1 Å². The number of hydrogen-bond donors (Lipinski definition) is 2. The molecule has 6 nitrogen and oxygen atoms in total. The summed E-state index contributed by atoms with van der Waals surface area (Å²) >= 11 is 1.51. The van der Waals surface area contributed by atoms with Crippen molar-refractivity contribution in [3.63, 3.8) is 0 Å². The molecule has 0 aliphatic heterocycles. The molecule has 2 aromatic rings. The number of thioether (sulfide) groups is 1. The Morgan fingerprint density at radius 3 is 3.00 bits per heavy atom. The Morgan fingerprint density at radius 2 is 2.35 bits per heavy atom. The number of aromatic amines is 1. The molecular formula is C13H16N4O2S. The van der Waals surface area contributed by atoms with E-state index in [9.17, 15) is 4.79 Å². The number of rotatable bonds is 6. The number of nitrogens with one attached hydrogen (secondary N) is 2. The van der Waals surface area contributed by atoms with Crippen LogP contribution in [0.4, 0.5) is 0 Å². The molecule has 0 aliphatic carbocycles. The summed E-state index contributed by atoms with van der Waals surface area (Å²) in [5.74, 6) is 1.42. The first-order valence-corrected chi connectivity index (χ1v) is 7.10. The molecule has 1 heterocycles. The van der Waals surface area contributed by atoms with Crippen LogP contribution in [0.15, 0.2) is 29.7 Å². The first kappa shape index (κ1) is 14.4. The zero-order valence-corrected chi connectivity index (χ0v) is 12.2. The molecule has 2 N–H and O–H groups in total. The Morgan fingerprint density at radius 1 is 1.50 bits per heavy atom. The van der Waals surface area contributed by atoms with E-state index in [0.29, 0.717) is 12.1 Å². The van der Waals surface area contributed by atoms with E-state index in [1.54, 1.807) is 19.2 Å². The highest BCUT2D eigenvalue weighted by Crippen LogP contribution is 2.18. The van der Waals surface area contributed by atoms with Crippen molar-refractivity contribution in [1.82, 2.24) is 20.5 Å². The second-order valence-corrected chi connectivity index (χ2v) is 5.16. The Hall–Kier alpha value is -2.02. The number of aryl methyl sites for hydroxylation is 1. The van der Waals surface area contributed by atoms with Gasteiger partial charge in [-0.25, -0.2) is 4.98 Å². The topological polar surface area (TPSA) is 79.9 Å². The second-order valence-electron chi connectivity index (χ2n) is 4.08. The summed E-state index contributed by atoms with van der Waals surface area (Å²) in [6.45, 7) is 2.48. The maximum atomic E-state index is 12.0. The van der Waals surface area contributed by atoms with E-state index in [2.05, 4.69) is 20.5 Å². The summed E-state index contributed by atoms with van der Waals surface area (Å²) in [5.41, 5.74) is 1.57. The van der Waals surface area contributed by atoms with Crippen molar-refractivity contribution < 1.29 is 9.53 Å². The summed E-state index contributed by atoms with van der Waals surface area (Å²) in [6, 6.07) is 5.37. The fraction of sp³-hybridized carbons (Fsp3) is 0.308. The number of benzene rings is 1. The van der Waals surface area contributed by atoms with Crippen molar-refractivity contribution >= 4 is 17.7 Å². The quantitative estimate of drug-likeness (QED) is 0.625. The lowest BCUT2D eigenvalue weighted by Crippen LogP contribution is -2.25. The third-order valence-corrected chi connectivity index (χ3v) is 3.55. The summed E-state index contributed by atoms with van der Waals surface area (Å²) in [7, 11) is 1.61. The van der Waals surface area contributed by atoms with Crippen LogP contribution in [0, 0.1) is 6.92 Å². The summed E-state index contributed by atoms with van der Waals surface area (Å²) in [4.78, 5) is 16.0. The van der Waals surface area contributed by atoms with Crippen molar-refractivity contribution in [3.8, 4) is 5.75 Å². The average Bonchev–Trinajstić information content (AvgIpc) is 2.96. The fourth-order valence-corrected chi connectivity index (χ4v) is 2.33. The second kappa shape index (κ2) is 6.95. The predicted molar refractivity (Wildman–Crippen MR) is 77.2 cm³/mol. The van der Waals surface area contributed by atoms with Gasteiger partial charge >= 0.3 is 0 Å². The molecule has 2 rings (SSSR count). The van der Waals surface area contributed by atoms with Gasteiger partial charge in [0, 0.05) is 17.9 Å². The van der Waals surface area contributed by atoms with E-state index >= 15 is 0 Å². The molecule has 0 aliphatic rings. The molecule has 106 valence electrons. The molecule has 0 saturated heterocycles. The molecule has 1 aromatic carbocycles. The van der Waals surface area contributed by atoms with Crippen LogP contribution in [0.5, 0.6) is 5.75 Å². The number of H-pyrrole nitrogens is 1. The minimum Gasteiger partial charge on any atom is -0.496 e. The van der Waals surface area contributed by atoms with Gasteiger partial charge in [0.15, 0.2) is 5.16 Å². The minimum absolute atomic E-state index is 0.0890. The Bertz CT molecular complexity index is 572. The van der Waals surface area contributed by atoms with Crippen molar-refractivity contribution in [3.05, 3.63) is 35.7 Å². The van der Waals surface area contributed by atoms with Crippen molar-refractivity contribution in [1.29, 1.82) is 0 Å². The first-order valence-electron chi connectivity index (χ1n) is 6.11. The highest BCUT2D eigenvalue weighted by atomic mass is 32.2. The summed E-state index contributed by atoms with van der Waals surface area (Å²) < 4.78 is 5.17. The van der Waals surface area contributed by atoms with E-state index in [4.69, 9.17) is 4.74 Å². The molecule has 0 bridgehead atoms. The monoisotopic (exact) mass is 292 g/mol. The fourth-order valence-electron chi connectivity index (χ4n) is 1.70. The van der Waals surface area contributed by atoms with E-state index in [1.165, 1.54) is 18.1 Å². The van der Waals surface area contributed by atoms with Crippen LogP contribution in [0.25, 0.3) is 0 Å². The van der Waals surface area contributed by atoms with Gasteiger partial charge in [0.2, 0.25) is 0 Å². The van der Waals surface area contributed by atoms with Gasteiger partial charge in [-0.05, 0) is 30.7 Å². The highest BCUT2D eigenvalue weighted by Gasteiger charge is 2.07. The van der Waals surface area contributed by atoms with E-state index < -0.39 is 0 Å².